The van der Waals surface area contributed by atoms with Gasteiger partial charge in [0.15, 0.2) is 0 Å². The highest BCUT2D eigenvalue weighted by atomic mass is 14.9. The number of para-hydroxylation sites is 1. The normalized spacial score (nSPS) is 12.1. The van der Waals surface area contributed by atoms with Gasteiger partial charge in [-0.15, -0.1) is 6.58 Å². The van der Waals surface area contributed by atoms with Gasteiger partial charge in [-0.05, 0) is 18.6 Å². The molecule has 13 heavy (non-hydrogen) atoms. The van der Waals surface area contributed by atoms with Crippen molar-refractivity contribution in [3.05, 3.63) is 43.0 Å². The zero-order valence-electron chi connectivity index (χ0n) is 8.16. The van der Waals surface area contributed by atoms with Crippen molar-refractivity contribution < 1.29 is 0 Å². The van der Waals surface area contributed by atoms with Crippen molar-refractivity contribution in [2.45, 2.75) is 25.8 Å². The fraction of sp³-hybridized carbons (Fsp3) is 0.333. The van der Waals surface area contributed by atoms with E-state index in [1.165, 1.54) is 12.1 Å². The van der Waals surface area contributed by atoms with Crippen LogP contribution in [0.5, 0.6) is 0 Å². The summed E-state index contributed by atoms with van der Waals surface area (Å²) in [4.78, 5) is 0. The molecule has 0 saturated carbocycles. The molecule has 1 nitrogen and oxygen atoms in total. The van der Waals surface area contributed by atoms with Gasteiger partial charge in [-0.3, -0.25) is 0 Å². The Labute approximate surface area is 80.5 Å². The Hall–Kier alpha value is -1.24. The smallest absolute Gasteiger partial charge is 0.0441 e. The van der Waals surface area contributed by atoms with Gasteiger partial charge >= 0.3 is 0 Å². The summed E-state index contributed by atoms with van der Waals surface area (Å²) in [6.07, 6.45) is 4.28. The first-order valence-electron chi connectivity index (χ1n) is 4.81. The van der Waals surface area contributed by atoms with Gasteiger partial charge in [0.2, 0.25) is 0 Å². The lowest BCUT2D eigenvalue weighted by Crippen LogP contribution is -2.15. The molecule has 70 valence electrons. The molecule has 1 aromatic carbocycles. The largest absolute Gasteiger partial charge is 0.379 e. The Morgan fingerprint density at radius 3 is 2.62 bits per heavy atom. The van der Waals surface area contributed by atoms with Gasteiger partial charge in [-0.2, -0.15) is 0 Å². The third-order valence-electron chi connectivity index (χ3n) is 2.01. The van der Waals surface area contributed by atoms with Gasteiger partial charge in [-0.25, -0.2) is 0 Å². The lowest BCUT2D eigenvalue weighted by atomic mass is 10.1. The molecule has 0 radical (unpaired) electrons. The van der Waals surface area contributed by atoms with E-state index in [1.807, 2.05) is 24.3 Å². The second-order valence-corrected chi connectivity index (χ2v) is 3.14. The Morgan fingerprint density at radius 1 is 1.38 bits per heavy atom. The lowest BCUT2D eigenvalue weighted by Gasteiger charge is -2.14. The monoisotopic (exact) mass is 175 g/mol. The summed E-state index contributed by atoms with van der Waals surface area (Å²) in [5, 5.41) is 3.41. The summed E-state index contributed by atoms with van der Waals surface area (Å²) in [6, 6.07) is 10.6. The highest BCUT2D eigenvalue weighted by Gasteiger charge is 2.00. The van der Waals surface area contributed by atoms with Crippen molar-refractivity contribution in [1.29, 1.82) is 0 Å². The molecular formula is C12H17N. The number of hydrogen-bond donors (Lipinski definition) is 1. The zero-order chi connectivity index (χ0) is 9.52. The average molecular weight is 175 g/mol. The lowest BCUT2D eigenvalue weighted by molar-refractivity contribution is 0.741. The van der Waals surface area contributed by atoms with Crippen LogP contribution in [0.3, 0.4) is 0 Å². The van der Waals surface area contributed by atoms with Gasteiger partial charge in [0.25, 0.3) is 0 Å². The third kappa shape index (κ3) is 3.32. The quantitative estimate of drug-likeness (QED) is 0.676. The molecule has 0 saturated heterocycles. The van der Waals surface area contributed by atoms with E-state index in [0.29, 0.717) is 6.04 Å². The molecule has 1 aromatic rings. The van der Waals surface area contributed by atoms with E-state index >= 15 is 0 Å². The van der Waals surface area contributed by atoms with Gasteiger partial charge in [0.05, 0.1) is 0 Å². The van der Waals surface area contributed by atoms with Crippen LogP contribution in [-0.2, 0) is 0 Å². The van der Waals surface area contributed by atoms with E-state index < -0.39 is 0 Å². The average Bonchev–Trinajstić information content (AvgIpc) is 2.19. The van der Waals surface area contributed by atoms with Gasteiger partial charge in [0.1, 0.15) is 0 Å². The van der Waals surface area contributed by atoms with E-state index in [-0.39, 0.29) is 0 Å². The van der Waals surface area contributed by atoms with Crippen LogP contribution >= 0.6 is 0 Å². The van der Waals surface area contributed by atoms with Crippen LogP contribution < -0.4 is 5.32 Å². The number of anilines is 1. The third-order valence-corrected chi connectivity index (χ3v) is 2.01. The number of rotatable bonds is 5. The maximum absolute atomic E-state index is 3.81. The van der Waals surface area contributed by atoms with Crippen molar-refractivity contribution in [3.63, 3.8) is 0 Å². The maximum atomic E-state index is 3.81. The highest BCUT2D eigenvalue weighted by Crippen LogP contribution is 2.10. The van der Waals surface area contributed by atoms with Gasteiger partial charge < -0.3 is 5.32 Å². The molecule has 1 rings (SSSR count). The first kappa shape index (κ1) is 9.85. The summed E-state index contributed by atoms with van der Waals surface area (Å²) >= 11 is 0. The minimum Gasteiger partial charge on any atom is -0.379 e. The molecule has 1 heteroatoms. The summed E-state index contributed by atoms with van der Waals surface area (Å²) in [6.45, 7) is 6.00. The summed E-state index contributed by atoms with van der Waals surface area (Å²) < 4.78 is 0. The molecule has 0 aliphatic heterocycles. The molecule has 0 unspecified atom stereocenters. The maximum Gasteiger partial charge on any atom is 0.0441 e. The fourth-order valence-corrected chi connectivity index (χ4v) is 1.31. The standard InChI is InChI=1S/C12H17N/c1-3-8-11(4-2)13-12-9-6-5-7-10-12/h4-7,9-11,13H,2-3,8H2,1H3/t11-/m1/s1. The predicted molar refractivity (Wildman–Crippen MR) is 59.0 cm³/mol. The topological polar surface area (TPSA) is 12.0 Å². The van der Waals surface area contributed by atoms with Crippen LogP contribution in [0.2, 0.25) is 0 Å². The summed E-state index contributed by atoms with van der Waals surface area (Å²) in [5.74, 6) is 0. The molecule has 0 aliphatic carbocycles. The molecule has 1 N–H and O–H groups in total. The highest BCUT2D eigenvalue weighted by molar-refractivity contribution is 5.44. The van der Waals surface area contributed by atoms with Crippen molar-refractivity contribution >= 4 is 5.69 Å². The Bertz CT molecular complexity index is 241. The summed E-state index contributed by atoms with van der Waals surface area (Å²) in [5.41, 5.74) is 1.17. The van der Waals surface area contributed by atoms with Crippen molar-refractivity contribution in [3.8, 4) is 0 Å². The van der Waals surface area contributed by atoms with Crippen LogP contribution in [0, 0.1) is 0 Å². The molecule has 0 bridgehead atoms. The SMILES string of the molecule is C=C[C@H](CCC)Nc1ccccc1. The van der Waals surface area contributed by atoms with Crippen LogP contribution in [0.15, 0.2) is 43.0 Å². The van der Waals surface area contributed by atoms with Gasteiger partial charge in [0, 0.05) is 11.7 Å². The van der Waals surface area contributed by atoms with E-state index in [2.05, 4.69) is 31.0 Å². The summed E-state index contributed by atoms with van der Waals surface area (Å²) in [7, 11) is 0. The van der Waals surface area contributed by atoms with E-state index in [0.717, 1.165) is 6.42 Å². The molecule has 0 fully saturated rings. The van der Waals surface area contributed by atoms with E-state index in [1.54, 1.807) is 0 Å². The first-order valence-corrected chi connectivity index (χ1v) is 4.81. The molecule has 0 amide bonds. The van der Waals surface area contributed by atoms with Crippen molar-refractivity contribution in [2.24, 2.45) is 0 Å². The van der Waals surface area contributed by atoms with E-state index in [9.17, 15) is 0 Å². The predicted octanol–water partition coefficient (Wildman–Crippen LogP) is 3.45. The molecule has 0 heterocycles. The first-order chi connectivity index (χ1) is 6.36. The van der Waals surface area contributed by atoms with Crippen LogP contribution in [-0.4, -0.2) is 6.04 Å². The Kier molecular flexibility index (Phi) is 4.10. The number of benzene rings is 1. The molecule has 0 aliphatic rings. The second kappa shape index (κ2) is 5.41. The minimum atomic E-state index is 0.396. The second-order valence-electron chi connectivity index (χ2n) is 3.14. The van der Waals surface area contributed by atoms with Crippen LogP contribution in [0.1, 0.15) is 19.8 Å². The Balaban J connectivity index is 2.51. The van der Waals surface area contributed by atoms with E-state index in [4.69, 9.17) is 0 Å². The zero-order valence-corrected chi connectivity index (χ0v) is 8.16. The van der Waals surface area contributed by atoms with Crippen molar-refractivity contribution in [2.75, 3.05) is 5.32 Å². The number of nitrogens with one attached hydrogen (secondary N) is 1. The fourth-order valence-electron chi connectivity index (χ4n) is 1.31. The van der Waals surface area contributed by atoms with Crippen molar-refractivity contribution in [1.82, 2.24) is 0 Å². The number of hydrogen-bond acceptors (Lipinski definition) is 1. The molecule has 1 atom stereocenters. The van der Waals surface area contributed by atoms with Crippen LogP contribution in [0.25, 0.3) is 0 Å². The molecule has 0 aromatic heterocycles. The minimum absolute atomic E-state index is 0.396. The van der Waals surface area contributed by atoms with Crippen LogP contribution in [0.4, 0.5) is 5.69 Å². The van der Waals surface area contributed by atoms with Gasteiger partial charge in [-0.1, -0.05) is 37.6 Å². The Morgan fingerprint density at radius 2 is 2.08 bits per heavy atom. The molecule has 0 spiro atoms. The molecular weight excluding hydrogens is 158 g/mol.